The minimum absolute atomic E-state index is 0.220. The number of hydrogen-bond donors (Lipinski definition) is 2. The average molecular weight is 416 g/mol. The van der Waals surface area contributed by atoms with E-state index in [9.17, 15) is 9.59 Å². The third-order valence-corrected chi connectivity index (χ3v) is 3.72. The normalized spacial score (nSPS) is 10.3. The van der Waals surface area contributed by atoms with Gasteiger partial charge in [-0.15, -0.1) is 6.58 Å². The molecule has 0 aliphatic heterocycles. The van der Waals surface area contributed by atoms with E-state index in [4.69, 9.17) is 4.74 Å². The summed E-state index contributed by atoms with van der Waals surface area (Å²) >= 11 is 3.39. The van der Waals surface area contributed by atoms with Crippen molar-refractivity contribution in [2.75, 3.05) is 6.54 Å². The summed E-state index contributed by atoms with van der Waals surface area (Å²) in [6.45, 7) is 4.14. The summed E-state index contributed by atoms with van der Waals surface area (Å²) in [5.74, 6) is -0.880. The van der Waals surface area contributed by atoms with Crippen LogP contribution in [0.25, 0.3) is 0 Å². The third kappa shape index (κ3) is 6.52. The molecule has 2 aromatic rings. The molecular formula is C19H18BrN3O3. The lowest BCUT2D eigenvalue weighted by molar-refractivity contribution is -0.139. The third-order valence-electron chi connectivity index (χ3n) is 3.19. The number of carbonyl (C=O) groups excluding carboxylic acids is 2. The van der Waals surface area contributed by atoms with Crippen LogP contribution in [0.4, 0.5) is 0 Å². The second kappa shape index (κ2) is 10.1. The fourth-order valence-corrected chi connectivity index (χ4v) is 2.12. The molecule has 2 rings (SSSR count). The number of nitrogens with zero attached hydrogens (tertiary/aromatic N) is 1. The standard InChI is InChI=1S/C19H18BrN3O3/c1-2-11-21-18(24)19(25)23-22-12-14-5-9-17(10-6-14)26-13-15-3-7-16(20)8-4-15/h2-10,12H,1,11,13H2,(H,21,24)(H,23,25)/b22-12-. The van der Waals surface area contributed by atoms with Gasteiger partial charge in [0.15, 0.2) is 0 Å². The summed E-state index contributed by atoms with van der Waals surface area (Å²) in [5, 5.41) is 6.10. The zero-order chi connectivity index (χ0) is 18.8. The summed E-state index contributed by atoms with van der Waals surface area (Å²) in [6.07, 6.45) is 2.92. The zero-order valence-electron chi connectivity index (χ0n) is 13.9. The smallest absolute Gasteiger partial charge is 0.329 e. The molecule has 0 saturated heterocycles. The summed E-state index contributed by atoms with van der Waals surface area (Å²) in [6, 6.07) is 15.1. The van der Waals surface area contributed by atoms with E-state index in [1.807, 2.05) is 24.3 Å². The Labute approximate surface area is 160 Å². The van der Waals surface area contributed by atoms with Gasteiger partial charge >= 0.3 is 11.8 Å². The number of hydrazone groups is 1. The van der Waals surface area contributed by atoms with E-state index in [1.54, 1.807) is 24.3 Å². The molecule has 0 radical (unpaired) electrons. The topological polar surface area (TPSA) is 79.8 Å². The van der Waals surface area contributed by atoms with Gasteiger partial charge in [0.1, 0.15) is 12.4 Å². The maximum atomic E-state index is 11.4. The molecule has 0 atom stereocenters. The molecule has 0 bridgehead atoms. The van der Waals surface area contributed by atoms with Crippen LogP contribution in [0.1, 0.15) is 11.1 Å². The Bertz CT molecular complexity index is 787. The van der Waals surface area contributed by atoms with Gasteiger partial charge in [-0.3, -0.25) is 9.59 Å². The van der Waals surface area contributed by atoms with Gasteiger partial charge in [-0.05, 0) is 47.5 Å². The predicted molar refractivity (Wildman–Crippen MR) is 104 cm³/mol. The summed E-state index contributed by atoms with van der Waals surface area (Å²) < 4.78 is 6.73. The molecule has 0 aliphatic carbocycles. The van der Waals surface area contributed by atoms with Gasteiger partial charge in [-0.1, -0.05) is 34.1 Å². The van der Waals surface area contributed by atoms with Crippen molar-refractivity contribution < 1.29 is 14.3 Å². The lowest BCUT2D eigenvalue weighted by atomic mass is 10.2. The van der Waals surface area contributed by atoms with Crippen molar-refractivity contribution >= 4 is 34.0 Å². The highest BCUT2D eigenvalue weighted by atomic mass is 79.9. The highest BCUT2D eigenvalue weighted by Gasteiger charge is 2.10. The first kappa shape index (κ1) is 19.4. The van der Waals surface area contributed by atoms with Crippen molar-refractivity contribution in [2.45, 2.75) is 6.61 Å². The molecule has 0 fully saturated rings. The van der Waals surface area contributed by atoms with Crippen molar-refractivity contribution in [2.24, 2.45) is 5.10 Å². The Morgan fingerprint density at radius 3 is 2.42 bits per heavy atom. The van der Waals surface area contributed by atoms with Crippen LogP contribution in [0, 0.1) is 0 Å². The van der Waals surface area contributed by atoms with Crippen LogP contribution in [-0.2, 0) is 16.2 Å². The van der Waals surface area contributed by atoms with E-state index < -0.39 is 11.8 Å². The van der Waals surface area contributed by atoms with Gasteiger partial charge in [-0.25, -0.2) is 5.43 Å². The van der Waals surface area contributed by atoms with Crippen molar-refractivity contribution in [3.63, 3.8) is 0 Å². The van der Waals surface area contributed by atoms with Gasteiger partial charge in [0.2, 0.25) is 0 Å². The van der Waals surface area contributed by atoms with E-state index in [2.05, 4.69) is 38.4 Å². The van der Waals surface area contributed by atoms with Crippen molar-refractivity contribution in [3.05, 3.63) is 76.8 Å². The second-order valence-electron chi connectivity index (χ2n) is 5.18. The van der Waals surface area contributed by atoms with E-state index in [0.717, 1.165) is 21.3 Å². The van der Waals surface area contributed by atoms with E-state index in [-0.39, 0.29) is 6.54 Å². The van der Waals surface area contributed by atoms with Crippen LogP contribution in [0.15, 0.2) is 70.8 Å². The quantitative estimate of drug-likeness (QED) is 0.315. The van der Waals surface area contributed by atoms with Crippen LogP contribution < -0.4 is 15.5 Å². The Balaban J connectivity index is 1.81. The molecule has 6 nitrogen and oxygen atoms in total. The van der Waals surface area contributed by atoms with Gasteiger partial charge in [0.25, 0.3) is 0 Å². The minimum Gasteiger partial charge on any atom is -0.489 e. The van der Waals surface area contributed by atoms with Crippen LogP contribution in [0.3, 0.4) is 0 Å². The first-order valence-corrected chi connectivity index (χ1v) is 8.57. The van der Waals surface area contributed by atoms with Crippen molar-refractivity contribution in [1.29, 1.82) is 0 Å². The minimum atomic E-state index is -0.836. The lowest BCUT2D eigenvalue weighted by Gasteiger charge is -2.06. The highest BCUT2D eigenvalue weighted by Crippen LogP contribution is 2.15. The van der Waals surface area contributed by atoms with Gasteiger partial charge in [0, 0.05) is 11.0 Å². The monoisotopic (exact) mass is 415 g/mol. The number of hydrogen-bond acceptors (Lipinski definition) is 4. The fraction of sp³-hybridized carbons (Fsp3) is 0.105. The van der Waals surface area contributed by atoms with Crippen LogP contribution >= 0.6 is 15.9 Å². The summed E-state index contributed by atoms with van der Waals surface area (Å²) in [4.78, 5) is 22.8. The van der Waals surface area contributed by atoms with Gasteiger partial charge in [-0.2, -0.15) is 5.10 Å². The molecule has 0 spiro atoms. The van der Waals surface area contributed by atoms with Crippen molar-refractivity contribution in [3.8, 4) is 5.75 Å². The predicted octanol–water partition coefficient (Wildman–Crippen LogP) is 2.78. The average Bonchev–Trinajstić information content (AvgIpc) is 2.66. The number of ether oxygens (including phenoxy) is 1. The van der Waals surface area contributed by atoms with Crippen LogP contribution in [0.5, 0.6) is 5.75 Å². The number of rotatable bonds is 7. The Hall–Kier alpha value is -2.93. The molecule has 2 N–H and O–H groups in total. The van der Waals surface area contributed by atoms with E-state index in [1.165, 1.54) is 12.3 Å². The zero-order valence-corrected chi connectivity index (χ0v) is 15.5. The largest absolute Gasteiger partial charge is 0.489 e. The molecule has 0 heterocycles. The van der Waals surface area contributed by atoms with Crippen LogP contribution in [-0.4, -0.2) is 24.6 Å². The molecule has 2 aromatic carbocycles. The van der Waals surface area contributed by atoms with Crippen LogP contribution in [0.2, 0.25) is 0 Å². The number of benzene rings is 2. The lowest BCUT2D eigenvalue weighted by Crippen LogP contribution is -2.37. The molecule has 0 aliphatic rings. The number of halogens is 1. The second-order valence-corrected chi connectivity index (χ2v) is 6.10. The van der Waals surface area contributed by atoms with Gasteiger partial charge < -0.3 is 10.1 Å². The van der Waals surface area contributed by atoms with Gasteiger partial charge in [0.05, 0.1) is 6.21 Å². The summed E-state index contributed by atoms with van der Waals surface area (Å²) in [5.41, 5.74) is 3.98. The fourth-order valence-electron chi connectivity index (χ4n) is 1.86. The number of amides is 2. The molecule has 0 aromatic heterocycles. The maximum Gasteiger partial charge on any atom is 0.329 e. The molecule has 134 valence electrons. The van der Waals surface area contributed by atoms with E-state index >= 15 is 0 Å². The maximum absolute atomic E-state index is 11.4. The molecule has 2 amide bonds. The molecule has 0 saturated carbocycles. The molecule has 7 heteroatoms. The molecule has 0 unspecified atom stereocenters. The number of nitrogens with one attached hydrogen (secondary N) is 2. The summed E-state index contributed by atoms with van der Waals surface area (Å²) in [7, 11) is 0. The SMILES string of the molecule is C=CCNC(=O)C(=O)N/N=C\c1ccc(OCc2ccc(Br)cc2)cc1. The highest BCUT2D eigenvalue weighted by molar-refractivity contribution is 9.10. The Kier molecular flexibility index (Phi) is 7.57. The molecule has 26 heavy (non-hydrogen) atoms. The Morgan fingerprint density at radius 1 is 1.08 bits per heavy atom. The molecular weight excluding hydrogens is 398 g/mol. The Morgan fingerprint density at radius 2 is 1.77 bits per heavy atom. The van der Waals surface area contributed by atoms with Crippen molar-refractivity contribution in [1.82, 2.24) is 10.7 Å². The first-order chi connectivity index (χ1) is 12.6. The number of carbonyl (C=O) groups is 2. The first-order valence-electron chi connectivity index (χ1n) is 7.78. The van der Waals surface area contributed by atoms with E-state index in [0.29, 0.717) is 6.61 Å².